The average molecular weight is 345 g/mol. The quantitative estimate of drug-likeness (QED) is 0.778. The normalized spacial score (nSPS) is 11.8. The van der Waals surface area contributed by atoms with Crippen LogP contribution in [0.25, 0.3) is 0 Å². The van der Waals surface area contributed by atoms with Gasteiger partial charge in [0.2, 0.25) is 5.91 Å². The van der Waals surface area contributed by atoms with Crippen LogP contribution in [0.15, 0.2) is 24.3 Å². The predicted molar refractivity (Wildman–Crippen MR) is 88.8 cm³/mol. The van der Waals surface area contributed by atoms with E-state index in [4.69, 9.17) is 0 Å². The van der Waals surface area contributed by atoms with Gasteiger partial charge in [-0.05, 0) is 36.6 Å². The lowest BCUT2D eigenvalue weighted by molar-refractivity contribution is -0.119. The Bertz CT molecular complexity index is 615. The van der Waals surface area contributed by atoms with Crippen LogP contribution in [-0.2, 0) is 15.0 Å². The maximum atomic E-state index is 13.1. The van der Waals surface area contributed by atoms with Gasteiger partial charge in [0.1, 0.15) is 12.4 Å². The molecule has 0 aliphatic rings. The van der Waals surface area contributed by atoms with Crippen molar-refractivity contribution >= 4 is 21.8 Å². The van der Waals surface area contributed by atoms with E-state index >= 15 is 0 Å². The molecule has 1 aromatic rings. The maximum Gasteiger partial charge on any atom is 0.304 e. The first-order valence-electron chi connectivity index (χ1n) is 7.37. The van der Waals surface area contributed by atoms with Crippen LogP contribution in [0, 0.1) is 11.7 Å². The zero-order chi connectivity index (χ0) is 17.6. The number of carbonyl (C=O) groups is 1. The Hall–Kier alpha value is -1.67. The van der Waals surface area contributed by atoms with Gasteiger partial charge in [-0.15, -0.1) is 0 Å². The van der Waals surface area contributed by atoms with Gasteiger partial charge in [0.25, 0.3) is 0 Å². The van der Waals surface area contributed by atoms with E-state index in [-0.39, 0.29) is 12.2 Å². The number of anilines is 1. The first-order valence-corrected chi connectivity index (χ1v) is 8.76. The van der Waals surface area contributed by atoms with E-state index in [1.807, 2.05) is 13.8 Å². The van der Waals surface area contributed by atoms with Gasteiger partial charge in [0, 0.05) is 20.6 Å². The van der Waals surface area contributed by atoms with Crippen LogP contribution in [0.2, 0.25) is 0 Å². The highest BCUT2D eigenvalue weighted by molar-refractivity contribution is 7.90. The molecule has 130 valence electrons. The van der Waals surface area contributed by atoms with Crippen LogP contribution < -0.4 is 9.62 Å². The second-order valence-electron chi connectivity index (χ2n) is 5.81. The van der Waals surface area contributed by atoms with E-state index in [1.54, 1.807) is 0 Å². The predicted octanol–water partition coefficient (Wildman–Crippen LogP) is 1.60. The first kappa shape index (κ1) is 19.4. The summed E-state index contributed by atoms with van der Waals surface area (Å²) < 4.78 is 39.8. The van der Waals surface area contributed by atoms with E-state index < -0.39 is 21.9 Å². The van der Waals surface area contributed by atoms with E-state index in [0.717, 1.165) is 27.2 Å². The van der Waals surface area contributed by atoms with Crippen molar-refractivity contribution in [3.05, 3.63) is 30.1 Å². The number of hydrogen-bond donors (Lipinski definition) is 1. The van der Waals surface area contributed by atoms with Crippen molar-refractivity contribution in [1.29, 1.82) is 0 Å². The van der Waals surface area contributed by atoms with Gasteiger partial charge < -0.3 is 5.32 Å². The van der Waals surface area contributed by atoms with Gasteiger partial charge in [0.05, 0.1) is 5.69 Å². The fourth-order valence-corrected chi connectivity index (χ4v) is 2.86. The molecule has 6 nitrogen and oxygen atoms in total. The summed E-state index contributed by atoms with van der Waals surface area (Å²) in [6.07, 6.45) is 0.808. The smallest absolute Gasteiger partial charge is 0.304 e. The Morgan fingerprint density at radius 2 is 1.78 bits per heavy atom. The van der Waals surface area contributed by atoms with Gasteiger partial charge >= 0.3 is 10.2 Å². The fourth-order valence-electron chi connectivity index (χ4n) is 1.80. The third-order valence-corrected chi connectivity index (χ3v) is 5.01. The summed E-state index contributed by atoms with van der Waals surface area (Å²) in [4.78, 5) is 12.0. The molecule has 0 aliphatic carbocycles. The van der Waals surface area contributed by atoms with Crippen molar-refractivity contribution in [3.8, 4) is 0 Å². The van der Waals surface area contributed by atoms with Crippen molar-refractivity contribution in [1.82, 2.24) is 9.62 Å². The van der Waals surface area contributed by atoms with Crippen molar-refractivity contribution in [2.75, 3.05) is 31.5 Å². The van der Waals surface area contributed by atoms with E-state index in [9.17, 15) is 17.6 Å². The summed E-state index contributed by atoms with van der Waals surface area (Å²) in [5, 5.41) is 2.70. The van der Waals surface area contributed by atoms with Gasteiger partial charge in [-0.3, -0.25) is 4.79 Å². The van der Waals surface area contributed by atoms with Crippen molar-refractivity contribution in [2.45, 2.75) is 20.3 Å². The minimum atomic E-state index is -3.86. The van der Waals surface area contributed by atoms with Crippen molar-refractivity contribution in [2.24, 2.45) is 5.92 Å². The Morgan fingerprint density at radius 3 is 2.26 bits per heavy atom. The molecule has 0 spiro atoms. The molecule has 0 unspecified atom stereocenters. The lowest BCUT2D eigenvalue weighted by atomic mass is 10.1. The molecule has 1 rings (SSSR count). The second-order valence-corrected chi connectivity index (χ2v) is 7.87. The van der Waals surface area contributed by atoms with Gasteiger partial charge in [0.15, 0.2) is 0 Å². The highest BCUT2D eigenvalue weighted by Gasteiger charge is 2.27. The van der Waals surface area contributed by atoms with Crippen LogP contribution in [0.3, 0.4) is 0 Å². The van der Waals surface area contributed by atoms with Crippen LogP contribution in [0.4, 0.5) is 10.1 Å². The highest BCUT2D eigenvalue weighted by Crippen LogP contribution is 2.19. The topological polar surface area (TPSA) is 69.7 Å². The largest absolute Gasteiger partial charge is 0.355 e. The van der Waals surface area contributed by atoms with Crippen LogP contribution in [0.1, 0.15) is 20.3 Å². The van der Waals surface area contributed by atoms with Crippen LogP contribution in [-0.4, -0.2) is 45.8 Å². The molecule has 0 aromatic heterocycles. The molecule has 0 heterocycles. The molecule has 0 atom stereocenters. The van der Waals surface area contributed by atoms with E-state index in [2.05, 4.69) is 5.32 Å². The summed E-state index contributed by atoms with van der Waals surface area (Å²) in [6.45, 7) is 4.20. The molecular formula is C15H24FN3O3S. The third-order valence-electron chi connectivity index (χ3n) is 3.19. The molecule has 0 saturated carbocycles. The van der Waals surface area contributed by atoms with E-state index in [0.29, 0.717) is 12.5 Å². The standard InChI is InChI=1S/C15H24FN3O3S/c1-12(2)9-10-17-15(20)11-19(23(21,22)18(3)4)14-7-5-13(16)6-8-14/h5-8,12H,9-11H2,1-4H3,(H,17,20). The second kappa shape index (κ2) is 8.26. The van der Waals surface area contributed by atoms with Crippen molar-refractivity contribution in [3.63, 3.8) is 0 Å². The molecule has 0 fully saturated rings. The molecule has 0 aliphatic heterocycles. The number of hydrogen-bond acceptors (Lipinski definition) is 3. The number of amides is 1. The maximum absolute atomic E-state index is 13.1. The molecule has 23 heavy (non-hydrogen) atoms. The SMILES string of the molecule is CC(C)CCNC(=O)CN(c1ccc(F)cc1)S(=O)(=O)N(C)C. The lowest BCUT2D eigenvalue weighted by Crippen LogP contribution is -2.46. The Morgan fingerprint density at radius 1 is 1.22 bits per heavy atom. The number of rotatable bonds is 8. The minimum absolute atomic E-state index is 0.235. The number of nitrogens with zero attached hydrogens (tertiary/aromatic N) is 2. The number of benzene rings is 1. The molecular weight excluding hydrogens is 321 g/mol. The lowest BCUT2D eigenvalue weighted by Gasteiger charge is -2.27. The first-order chi connectivity index (χ1) is 10.6. The zero-order valence-electron chi connectivity index (χ0n) is 13.9. The van der Waals surface area contributed by atoms with E-state index in [1.165, 1.54) is 26.2 Å². The van der Waals surface area contributed by atoms with Gasteiger partial charge in [-0.25, -0.2) is 8.70 Å². The Labute approximate surface area is 137 Å². The summed E-state index contributed by atoms with van der Waals surface area (Å²) in [6, 6.07) is 4.98. The number of carbonyl (C=O) groups excluding carboxylic acids is 1. The monoisotopic (exact) mass is 345 g/mol. The van der Waals surface area contributed by atoms with Gasteiger partial charge in [-0.2, -0.15) is 12.7 Å². The summed E-state index contributed by atoms with van der Waals surface area (Å²) >= 11 is 0. The third kappa shape index (κ3) is 5.80. The summed E-state index contributed by atoms with van der Waals surface area (Å²) in [5.74, 6) is -0.438. The number of halogens is 1. The molecule has 0 radical (unpaired) electrons. The average Bonchev–Trinajstić information content (AvgIpc) is 2.45. The summed E-state index contributed by atoms with van der Waals surface area (Å²) in [7, 11) is -1.10. The molecule has 1 N–H and O–H groups in total. The van der Waals surface area contributed by atoms with Crippen LogP contribution in [0.5, 0.6) is 0 Å². The fraction of sp³-hybridized carbons (Fsp3) is 0.533. The molecule has 1 aromatic carbocycles. The molecule has 1 amide bonds. The molecule has 8 heteroatoms. The van der Waals surface area contributed by atoms with Gasteiger partial charge in [-0.1, -0.05) is 13.8 Å². The minimum Gasteiger partial charge on any atom is -0.355 e. The number of nitrogens with one attached hydrogen (secondary N) is 1. The Kier molecular flexibility index (Phi) is 6.96. The van der Waals surface area contributed by atoms with Crippen molar-refractivity contribution < 1.29 is 17.6 Å². The summed E-state index contributed by atoms with van der Waals surface area (Å²) in [5.41, 5.74) is 0.235. The van der Waals surface area contributed by atoms with Crippen LogP contribution >= 0.6 is 0 Å². The zero-order valence-corrected chi connectivity index (χ0v) is 14.7. The molecule has 0 bridgehead atoms. The highest BCUT2D eigenvalue weighted by atomic mass is 32.2. The molecule has 0 saturated heterocycles. The Balaban J connectivity index is 2.93.